The van der Waals surface area contributed by atoms with Gasteiger partial charge in [0.15, 0.2) is 0 Å². The highest BCUT2D eigenvalue weighted by Crippen LogP contribution is 2.65. The third kappa shape index (κ3) is 5.42. The highest BCUT2D eigenvalue weighted by molar-refractivity contribution is 6.53. The second-order valence-electron chi connectivity index (χ2n) is 8.01. The smallest absolute Gasteiger partial charge is 0.263 e. The summed E-state index contributed by atoms with van der Waals surface area (Å²) >= 11 is 24.6. The van der Waals surface area contributed by atoms with E-state index < -0.39 is 46.0 Å². The SMILES string of the molecule is O=C(Nc1ccc(F)cc1F)c1cc(NC(=O)[C@@H]2[C@@H](c3cc(Cl)cc(C(F)F)c3)C2(Cl)Cl)ccc1Cl. The number of nitrogens with one attached hydrogen (secondary N) is 2. The number of halogens is 8. The lowest BCUT2D eigenvalue weighted by Gasteiger charge is -2.11. The van der Waals surface area contributed by atoms with Gasteiger partial charge in [-0.25, -0.2) is 17.6 Å². The van der Waals surface area contributed by atoms with E-state index in [1.165, 1.54) is 30.3 Å². The first-order valence-electron chi connectivity index (χ1n) is 10.2. The maximum atomic E-state index is 13.9. The zero-order valence-electron chi connectivity index (χ0n) is 17.8. The van der Waals surface area contributed by atoms with Crippen molar-refractivity contribution in [2.45, 2.75) is 16.7 Å². The van der Waals surface area contributed by atoms with Gasteiger partial charge in [0.25, 0.3) is 12.3 Å². The van der Waals surface area contributed by atoms with E-state index in [4.69, 9.17) is 46.4 Å². The summed E-state index contributed by atoms with van der Waals surface area (Å²) in [6.07, 6.45) is -2.78. The topological polar surface area (TPSA) is 58.2 Å². The van der Waals surface area contributed by atoms with Crippen LogP contribution in [0.2, 0.25) is 10.0 Å². The molecule has 2 N–H and O–H groups in total. The van der Waals surface area contributed by atoms with Crippen molar-refractivity contribution in [1.29, 1.82) is 0 Å². The molecule has 0 aromatic heterocycles. The van der Waals surface area contributed by atoms with Gasteiger partial charge in [0, 0.05) is 28.3 Å². The van der Waals surface area contributed by atoms with E-state index >= 15 is 0 Å². The summed E-state index contributed by atoms with van der Waals surface area (Å²) in [4.78, 5) is 25.6. The van der Waals surface area contributed by atoms with Crippen LogP contribution < -0.4 is 10.6 Å². The van der Waals surface area contributed by atoms with Crippen molar-refractivity contribution in [2.24, 2.45) is 5.92 Å². The number of hydrogen-bond acceptors (Lipinski definition) is 2. The van der Waals surface area contributed by atoms with Crippen molar-refractivity contribution in [1.82, 2.24) is 0 Å². The summed E-state index contributed by atoms with van der Waals surface area (Å²) in [5.41, 5.74) is -0.293. The first-order chi connectivity index (χ1) is 16.9. The van der Waals surface area contributed by atoms with Gasteiger partial charge in [0.05, 0.1) is 22.2 Å². The van der Waals surface area contributed by atoms with Crippen LogP contribution in [0.4, 0.5) is 28.9 Å². The van der Waals surface area contributed by atoms with Crippen LogP contribution in [0.25, 0.3) is 0 Å². The third-order valence-corrected chi connectivity index (χ3v) is 7.04. The van der Waals surface area contributed by atoms with Crippen LogP contribution in [0.15, 0.2) is 54.6 Å². The minimum absolute atomic E-state index is 0.000179. The zero-order valence-corrected chi connectivity index (χ0v) is 20.8. The van der Waals surface area contributed by atoms with E-state index in [1.807, 2.05) is 0 Å². The molecule has 3 aromatic rings. The van der Waals surface area contributed by atoms with E-state index in [9.17, 15) is 27.2 Å². The molecule has 0 heterocycles. The van der Waals surface area contributed by atoms with E-state index in [0.717, 1.165) is 18.2 Å². The van der Waals surface area contributed by atoms with Gasteiger partial charge in [-0.2, -0.15) is 0 Å². The van der Waals surface area contributed by atoms with Crippen LogP contribution in [0, 0.1) is 17.6 Å². The van der Waals surface area contributed by atoms with Crippen molar-refractivity contribution in [3.05, 3.63) is 93.0 Å². The molecule has 3 aromatic carbocycles. The first-order valence-corrected chi connectivity index (χ1v) is 11.7. The quantitative estimate of drug-likeness (QED) is 0.230. The maximum Gasteiger partial charge on any atom is 0.263 e. The second kappa shape index (κ2) is 10.1. The molecule has 0 bridgehead atoms. The van der Waals surface area contributed by atoms with Crippen LogP contribution in [0.5, 0.6) is 0 Å². The second-order valence-corrected chi connectivity index (χ2v) is 10.3. The van der Waals surface area contributed by atoms with Crippen molar-refractivity contribution >= 4 is 69.6 Å². The van der Waals surface area contributed by atoms with Crippen LogP contribution >= 0.6 is 46.4 Å². The average Bonchev–Trinajstić information content (AvgIpc) is 3.38. The molecule has 36 heavy (non-hydrogen) atoms. The number of carbonyl (C=O) groups is 2. The molecule has 2 atom stereocenters. The number of benzene rings is 3. The van der Waals surface area contributed by atoms with Crippen LogP contribution in [-0.2, 0) is 4.79 Å². The molecule has 0 saturated heterocycles. The molecule has 188 valence electrons. The summed E-state index contributed by atoms with van der Waals surface area (Å²) in [5.74, 6) is -5.07. The van der Waals surface area contributed by atoms with Gasteiger partial charge in [0.2, 0.25) is 5.91 Å². The number of amides is 2. The Labute approximate surface area is 222 Å². The minimum atomic E-state index is -2.78. The van der Waals surface area contributed by atoms with Crippen molar-refractivity contribution in [3.8, 4) is 0 Å². The Hall–Kier alpha value is -2.52. The van der Waals surface area contributed by atoms with E-state index in [1.54, 1.807) is 0 Å². The molecule has 0 unspecified atom stereocenters. The van der Waals surface area contributed by atoms with E-state index in [2.05, 4.69) is 10.6 Å². The standard InChI is InChI=1S/C24H14Cl4F4N2O2/c25-12-6-10(5-11(7-12)21(31)32)19-20(24(19,27)28)23(36)33-14-2-3-16(26)15(9-14)22(35)34-18-4-1-13(29)8-17(18)30/h1-9,19-21H,(H,33,36)(H,34,35)/t19-,20+/m1/s1. The summed E-state index contributed by atoms with van der Waals surface area (Å²) < 4.78 is 51.8. The van der Waals surface area contributed by atoms with Crippen molar-refractivity contribution in [2.75, 3.05) is 10.6 Å². The van der Waals surface area contributed by atoms with E-state index in [-0.39, 0.29) is 38.1 Å². The van der Waals surface area contributed by atoms with Gasteiger partial charge in [-0.05, 0) is 54.1 Å². The highest BCUT2D eigenvalue weighted by Gasteiger charge is 2.67. The third-order valence-electron chi connectivity index (χ3n) is 5.55. The number of alkyl halides is 4. The molecule has 1 fully saturated rings. The van der Waals surface area contributed by atoms with Crippen LogP contribution in [0.1, 0.15) is 33.8 Å². The molecule has 4 rings (SSSR count). The molecule has 0 spiro atoms. The number of hydrogen-bond donors (Lipinski definition) is 2. The Morgan fingerprint density at radius 2 is 1.64 bits per heavy atom. The lowest BCUT2D eigenvalue weighted by atomic mass is 10.1. The Balaban J connectivity index is 1.52. The van der Waals surface area contributed by atoms with Gasteiger partial charge in [-0.15, -0.1) is 23.2 Å². The molecule has 1 aliphatic rings. The van der Waals surface area contributed by atoms with Crippen LogP contribution in [-0.4, -0.2) is 16.1 Å². The molecular weight excluding hydrogens is 566 g/mol. The zero-order chi connectivity index (χ0) is 26.4. The lowest BCUT2D eigenvalue weighted by molar-refractivity contribution is -0.117. The Morgan fingerprint density at radius 3 is 2.31 bits per heavy atom. The van der Waals surface area contributed by atoms with Gasteiger partial charge < -0.3 is 10.6 Å². The largest absolute Gasteiger partial charge is 0.326 e. The van der Waals surface area contributed by atoms with Gasteiger partial charge in [-0.3, -0.25) is 9.59 Å². The van der Waals surface area contributed by atoms with Gasteiger partial charge >= 0.3 is 0 Å². The molecule has 2 amide bonds. The van der Waals surface area contributed by atoms with Crippen LogP contribution in [0.3, 0.4) is 0 Å². The Kier molecular flexibility index (Phi) is 7.44. The Morgan fingerprint density at radius 1 is 0.917 bits per heavy atom. The van der Waals surface area contributed by atoms with Gasteiger partial charge in [0.1, 0.15) is 16.0 Å². The normalized spacial score (nSPS) is 18.1. The van der Waals surface area contributed by atoms with Crippen molar-refractivity contribution in [3.63, 3.8) is 0 Å². The molecule has 1 aliphatic carbocycles. The number of rotatable bonds is 6. The minimum Gasteiger partial charge on any atom is -0.326 e. The summed E-state index contributed by atoms with van der Waals surface area (Å²) in [5, 5.41) is 4.89. The fraction of sp³-hybridized carbons (Fsp3) is 0.167. The monoisotopic (exact) mass is 578 g/mol. The predicted octanol–water partition coefficient (Wildman–Crippen LogP) is 7.99. The lowest BCUT2D eigenvalue weighted by Crippen LogP contribution is -2.18. The summed E-state index contributed by atoms with van der Waals surface area (Å²) in [6.45, 7) is 0. The van der Waals surface area contributed by atoms with Gasteiger partial charge in [-0.1, -0.05) is 23.2 Å². The first kappa shape index (κ1) is 26.5. The van der Waals surface area contributed by atoms with E-state index in [0.29, 0.717) is 6.07 Å². The maximum absolute atomic E-state index is 13.9. The predicted molar refractivity (Wildman–Crippen MR) is 131 cm³/mol. The van der Waals surface area contributed by atoms with Crippen molar-refractivity contribution < 1.29 is 27.2 Å². The number of carbonyl (C=O) groups excluding carboxylic acids is 2. The highest BCUT2D eigenvalue weighted by atomic mass is 35.5. The number of anilines is 2. The summed E-state index contributed by atoms with van der Waals surface area (Å²) in [7, 11) is 0. The molecule has 0 aliphatic heterocycles. The fourth-order valence-electron chi connectivity index (χ4n) is 3.79. The average molecular weight is 580 g/mol. The summed E-state index contributed by atoms with van der Waals surface area (Å²) in [6, 6.07) is 10.3. The molecular formula is C24H14Cl4F4N2O2. The molecule has 12 heteroatoms. The molecule has 0 radical (unpaired) electrons. The fourth-order valence-corrected chi connectivity index (χ4v) is 5.07. The Bertz CT molecular complexity index is 1370. The molecule has 4 nitrogen and oxygen atoms in total. The molecule has 1 saturated carbocycles.